The van der Waals surface area contributed by atoms with Gasteiger partial charge in [-0.1, -0.05) is 68.5 Å². The number of carbonyl (C=O) groups excluding carboxylic acids is 1. The number of aromatic nitrogens is 3. The third-order valence-electron chi connectivity index (χ3n) is 4.95. The molecule has 2 heterocycles. The van der Waals surface area contributed by atoms with Crippen molar-refractivity contribution in [3.05, 3.63) is 70.7 Å². The average molecular weight is 471 g/mol. The summed E-state index contributed by atoms with van der Waals surface area (Å²) in [5.41, 5.74) is 1.09. The van der Waals surface area contributed by atoms with Gasteiger partial charge in [-0.3, -0.25) is 4.79 Å². The molecule has 0 radical (unpaired) electrons. The number of rotatable bonds is 4. The Hall–Kier alpha value is -3.33. The molecule has 9 heteroatoms. The monoisotopic (exact) mass is 470 g/mol. The molecule has 0 saturated heterocycles. The number of halogens is 3. The van der Waals surface area contributed by atoms with Crippen LogP contribution < -0.4 is 5.32 Å². The van der Waals surface area contributed by atoms with Gasteiger partial charge < -0.3 is 5.32 Å². The maximum atomic E-state index is 13.1. The van der Waals surface area contributed by atoms with Crippen molar-refractivity contribution in [1.82, 2.24) is 15.2 Å². The van der Waals surface area contributed by atoms with Gasteiger partial charge in [0.15, 0.2) is 0 Å². The number of benzene rings is 2. The first-order valence-electron chi connectivity index (χ1n) is 10.2. The molecule has 4 rings (SSSR count). The number of amides is 1. The number of para-hydroxylation sites is 1. The molecule has 0 aliphatic rings. The zero-order valence-corrected chi connectivity index (χ0v) is 19.0. The Kier molecular flexibility index (Phi) is 5.92. The van der Waals surface area contributed by atoms with E-state index in [0.29, 0.717) is 27.5 Å². The Bertz CT molecular complexity index is 1330. The molecule has 0 saturated carbocycles. The summed E-state index contributed by atoms with van der Waals surface area (Å²) in [4.78, 5) is 17.3. The second-order valence-electron chi connectivity index (χ2n) is 8.65. The number of pyridine rings is 1. The molecule has 0 aliphatic carbocycles. The Morgan fingerprint density at radius 1 is 1.00 bits per heavy atom. The van der Waals surface area contributed by atoms with E-state index in [1.54, 1.807) is 24.3 Å². The summed E-state index contributed by atoms with van der Waals surface area (Å²) in [5, 5.41) is 13.0. The number of alkyl halides is 3. The van der Waals surface area contributed by atoms with E-state index >= 15 is 0 Å². The fraction of sp³-hybridized carbons (Fsp3) is 0.250. The van der Waals surface area contributed by atoms with E-state index in [1.807, 2.05) is 32.9 Å². The van der Waals surface area contributed by atoms with Crippen LogP contribution in [0.1, 0.15) is 36.9 Å². The third kappa shape index (κ3) is 5.19. The van der Waals surface area contributed by atoms with Gasteiger partial charge in [0, 0.05) is 16.4 Å². The largest absolute Gasteiger partial charge is 0.416 e. The molecule has 0 aliphatic heterocycles. The normalized spacial score (nSPS) is 12.2. The smallest absolute Gasteiger partial charge is 0.300 e. The number of nitrogens with one attached hydrogen (secondary N) is 1. The maximum Gasteiger partial charge on any atom is 0.416 e. The fourth-order valence-electron chi connectivity index (χ4n) is 3.28. The molecule has 2 aromatic carbocycles. The molecule has 2 aromatic heterocycles. The molecular weight excluding hydrogens is 449 g/mol. The van der Waals surface area contributed by atoms with E-state index in [0.717, 1.165) is 22.5 Å². The molecule has 170 valence electrons. The molecule has 1 amide bonds. The second kappa shape index (κ2) is 8.55. The van der Waals surface area contributed by atoms with Crippen molar-refractivity contribution in [2.75, 3.05) is 5.32 Å². The minimum absolute atomic E-state index is 0.0425. The molecule has 1 N–H and O–H groups in total. The zero-order valence-electron chi connectivity index (χ0n) is 18.2. The molecule has 0 unspecified atom stereocenters. The Morgan fingerprint density at radius 3 is 2.45 bits per heavy atom. The van der Waals surface area contributed by atoms with Gasteiger partial charge in [-0.05, 0) is 23.8 Å². The quantitative estimate of drug-likeness (QED) is 0.383. The molecule has 5 nitrogen and oxygen atoms in total. The summed E-state index contributed by atoms with van der Waals surface area (Å²) in [6.07, 6.45) is -4.39. The van der Waals surface area contributed by atoms with Gasteiger partial charge in [-0.15, -0.1) is 10.2 Å². The predicted octanol–water partition coefficient (Wildman–Crippen LogP) is 6.25. The highest BCUT2D eigenvalue weighted by Gasteiger charge is 2.30. The van der Waals surface area contributed by atoms with Crippen LogP contribution in [0.2, 0.25) is 0 Å². The summed E-state index contributed by atoms with van der Waals surface area (Å²) < 4.78 is 39.3. The fourth-order valence-corrected chi connectivity index (χ4v) is 4.10. The van der Waals surface area contributed by atoms with E-state index in [9.17, 15) is 18.0 Å². The van der Waals surface area contributed by atoms with Crippen LogP contribution in [0.15, 0.2) is 54.6 Å². The summed E-state index contributed by atoms with van der Waals surface area (Å²) >= 11 is 1.32. The minimum atomic E-state index is -4.44. The van der Waals surface area contributed by atoms with Crippen LogP contribution >= 0.6 is 11.3 Å². The lowest BCUT2D eigenvalue weighted by Crippen LogP contribution is -2.14. The van der Waals surface area contributed by atoms with E-state index < -0.39 is 11.7 Å². The van der Waals surface area contributed by atoms with Gasteiger partial charge in [0.1, 0.15) is 5.01 Å². The van der Waals surface area contributed by atoms with Crippen molar-refractivity contribution in [3.63, 3.8) is 0 Å². The summed E-state index contributed by atoms with van der Waals surface area (Å²) in [6, 6.07) is 14.0. The highest BCUT2D eigenvalue weighted by Crippen LogP contribution is 2.32. The van der Waals surface area contributed by atoms with Crippen LogP contribution in [0.25, 0.3) is 22.2 Å². The van der Waals surface area contributed by atoms with Gasteiger partial charge in [0.2, 0.25) is 11.0 Å². The first-order chi connectivity index (χ1) is 15.5. The molecule has 4 aromatic rings. The number of fused-ring (bicyclic) bond motifs is 1. The number of carbonyl (C=O) groups is 1. The lowest BCUT2D eigenvalue weighted by Gasteiger charge is -2.12. The van der Waals surface area contributed by atoms with E-state index in [4.69, 9.17) is 0 Å². The van der Waals surface area contributed by atoms with Crippen molar-refractivity contribution in [2.24, 2.45) is 0 Å². The van der Waals surface area contributed by atoms with Crippen LogP contribution in [0.5, 0.6) is 0 Å². The highest BCUT2D eigenvalue weighted by atomic mass is 32.1. The van der Waals surface area contributed by atoms with E-state index in [-0.39, 0.29) is 17.7 Å². The van der Waals surface area contributed by atoms with Crippen LogP contribution in [0.3, 0.4) is 0 Å². The lowest BCUT2D eigenvalue weighted by atomic mass is 9.98. The molecule has 0 spiro atoms. The van der Waals surface area contributed by atoms with Gasteiger partial charge in [0.05, 0.1) is 23.2 Å². The summed E-state index contributed by atoms with van der Waals surface area (Å²) in [7, 11) is 0. The van der Waals surface area contributed by atoms with Gasteiger partial charge >= 0.3 is 6.18 Å². The van der Waals surface area contributed by atoms with Crippen LogP contribution in [0.4, 0.5) is 18.3 Å². The number of nitrogens with zero attached hydrogens (tertiary/aromatic N) is 3. The van der Waals surface area contributed by atoms with E-state index in [1.165, 1.54) is 17.4 Å². The van der Waals surface area contributed by atoms with Crippen molar-refractivity contribution in [2.45, 2.75) is 38.8 Å². The molecule has 0 fully saturated rings. The number of hydrogen-bond acceptors (Lipinski definition) is 5. The Labute approximate surface area is 192 Å². The molecule has 33 heavy (non-hydrogen) atoms. The molecular formula is C24H21F3N4OS. The van der Waals surface area contributed by atoms with Crippen LogP contribution in [-0.2, 0) is 22.8 Å². The van der Waals surface area contributed by atoms with Crippen molar-refractivity contribution < 1.29 is 18.0 Å². The van der Waals surface area contributed by atoms with Crippen molar-refractivity contribution >= 4 is 33.3 Å². The van der Waals surface area contributed by atoms with E-state index in [2.05, 4.69) is 20.5 Å². The Morgan fingerprint density at radius 2 is 1.76 bits per heavy atom. The molecule has 0 bridgehead atoms. The summed E-state index contributed by atoms with van der Waals surface area (Å²) in [6.45, 7) is 6.05. The number of anilines is 1. The highest BCUT2D eigenvalue weighted by molar-refractivity contribution is 7.15. The predicted molar refractivity (Wildman–Crippen MR) is 123 cm³/mol. The number of hydrogen-bond donors (Lipinski definition) is 1. The van der Waals surface area contributed by atoms with Crippen LogP contribution in [-0.4, -0.2) is 21.1 Å². The standard InChI is InChI=1S/C24H21F3N4OS/c1-23(2,3)21-30-31-22(33-21)29-19(32)13-16-8-4-6-14-10-11-18(28-20(14)16)15-7-5-9-17(12-15)24(25,26)27/h4-12H,13H2,1-3H3,(H,29,31,32). The van der Waals surface area contributed by atoms with Gasteiger partial charge in [0.25, 0.3) is 0 Å². The average Bonchev–Trinajstić information content (AvgIpc) is 3.22. The van der Waals surface area contributed by atoms with Crippen molar-refractivity contribution in [1.29, 1.82) is 0 Å². The summed E-state index contributed by atoms with van der Waals surface area (Å²) in [5.74, 6) is -0.273. The zero-order chi connectivity index (χ0) is 23.8. The first kappa shape index (κ1) is 22.8. The van der Waals surface area contributed by atoms with Gasteiger partial charge in [-0.2, -0.15) is 13.2 Å². The maximum absolute atomic E-state index is 13.1. The second-order valence-corrected chi connectivity index (χ2v) is 9.63. The molecule has 0 atom stereocenters. The third-order valence-corrected chi connectivity index (χ3v) is 6.22. The van der Waals surface area contributed by atoms with Crippen LogP contribution in [0, 0.1) is 0 Å². The van der Waals surface area contributed by atoms with Gasteiger partial charge in [-0.25, -0.2) is 4.98 Å². The topological polar surface area (TPSA) is 67.8 Å². The lowest BCUT2D eigenvalue weighted by molar-refractivity contribution is -0.137. The Balaban J connectivity index is 1.61. The SMILES string of the molecule is CC(C)(C)c1nnc(NC(=O)Cc2cccc3ccc(-c4cccc(C(F)(F)F)c4)nc23)s1. The van der Waals surface area contributed by atoms with Crippen molar-refractivity contribution in [3.8, 4) is 11.3 Å². The minimum Gasteiger partial charge on any atom is -0.300 e. The first-order valence-corrected chi connectivity index (χ1v) is 11.0.